The monoisotopic (exact) mass is 490 g/mol. The number of para-hydroxylation sites is 1. The third-order valence-electron chi connectivity index (χ3n) is 6.69. The number of amides is 1. The van der Waals surface area contributed by atoms with E-state index in [-0.39, 0.29) is 18.5 Å². The van der Waals surface area contributed by atoms with Crippen molar-refractivity contribution in [1.29, 1.82) is 0 Å². The highest BCUT2D eigenvalue weighted by atomic mass is 16.5. The van der Waals surface area contributed by atoms with Gasteiger partial charge in [-0.2, -0.15) is 0 Å². The molecule has 1 N–H and O–H groups in total. The van der Waals surface area contributed by atoms with Gasteiger partial charge in [-0.1, -0.05) is 30.3 Å². The van der Waals surface area contributed by atoms with E-state index >= 15 is 0 Å². The number of benzene rings is 3. The van der Waals surface area contributed by atoms with Gasteiger partial charge < -0.3 is 24.3 Å². The van der Waals surface area contributed by atoms with Crippen molar-refractivity contribution >= 4 is 5.91 Å². The van der Waals surface area contributed by atoms with Crippen LogP contribution in [-0.4, -0.2) is 52.3 Å². The number of ether oxygens (including phenoxy) is 4. The Morgan fingerprint density at radius 3 is 2.39 bits per heavy atom. The first kappa shape index (κ1) is 25.4. The summed E-state index contributed by atoms with van der Waals surface area (Å²) in [4.78, 5) is 15.3. The van der Waals surface area contributed by atoms with Crippen molar-refractivity contribution in [2.75, 3.05) is 41.5 Å². The number of hydrogen-bond donors (Lipinski definition) is 1. The van der Waals surface area contributed by atoms with Crippen molar-refractivity contribution in [2.45, 2.75) is 25.4 Å². The summed E-state index contributed by atoms with van der Waals surface area (Å²) in [5, 5.41) is 3.06. The maximum absolute atomic E-state index is 13.1. The zero-order chi connectivity index (χ0) is 25.5. The van der Waals surface area contributed by atoms with Crippen LogP contribution < -0.4 is 24.3 Å². The van der Waals surface area contributed by atoms with Gasteiger partial charge in [0, 0.05) is 24.7 Å². The second-order valence-corrected chi connectivity index (χ2v) is 8.79. The lowest BCUT2D eigenvalue weighted by atomic mass is 9.88. The Labute approximate surface area is 212 Å². The molecular weight excluding hydrogens is 456 g/mol. The second-order valence-electron chi connectivity index (χ2n) is 8.79. The fourth-order valence-corrected chi connectivity index (χ4v) is 4.81. The molecule has 1 heterocycles. The molecule has 4 rings (SSSR count). The molecule has 0 aliphatic carbocycles. The molecule has 36 heavy (non-hydrogen) atoms. The topological polar surface area (TPSA) is 69.3 Å². The summed E-state index contributed by atoms with van der Waals surface area (Å²) in [6.07, 6.45) is 1.56. The van der Waals surface area contributed by atoms with Crippen molar-refractivity contribution < 1.29 is 23.7 Å². The molecule has 190 valence electrons. The minimum atomic E-state index is -0.0273. The molecule has 3 aromatic rings. The smallest absolute Gasteiger partial charge is 0.234 e. The highest BCUT2D eigenvalue weighted by Crippen LogP contribution is 2.39. The summed E-state index contributed by atoms with van der Waals surface area (Å²) in [6.45, 7) is 1.47. The Morgan fingerprint density at radius 2 is 1.64 bits per heavy atom. The van der Waals surface area contributed by atoms with E-state index in [4.69, 9.17) is 18.9 Å². The van der Waals surface area contributed by atoms with Crippen molar-refractivity contribution in [3.63, 3.8) is 0 Å². The third-order valence-corrected chi connectivity index (χ3v) is 6.69. The van der Waals surface area contributed by atoms with Crippen LogP contribution in [0.5, 0.6) is 23.0 Å². The van der Waals surface area contributed by atoms with Gasteiger partial charge in [0.2, 0.25) is 5.91 Å². The van der Waals surface area contributed by atoms with Crippen molar-refractivity contribution in [1.82, 2.24) is 10.2 Å². The molecule has 0 saturated carbocycles. The molecule has 3 aromatic carbocycles. The Morgan fingerprint density at radius 1 is 0.889 bits per heavy atom. The molecule has 0 bridgehead atoms. The summed E-state index contributed by atoms with van der Waals surface area (Å²) in [6, 6.07) is 19.9. The maximum Gasteiger partial charge on any atom is 0.234 e. The normalized spacial score (nSPS) is 15.1. The zero-order valence-electron chi connectivity index (χ0n) is 21.4. The van der Waals surface area contributed by atoms with Gasteiger partial charge in [-0.25, -0.2) is 0 Å². The SMILES string of the molecule is COc1cccc(CC2c3cc(OC)c(OC)cc3CCN2CC(=O)NCc2ccccc2OC)c1. The summed E-state index contributed by atoms with van der Waals surface area (Å²) in [5.74, 6) is 2.97. The van der Waals surface area contributed by atoms with Gasteiger partial charge >= 0.3 is 0 Å². The van der Waals surface area contributed by atoms with E-state index in [1.54, 1.807) is 28.4 Å². The number of rotatable bonds is 10. The first-order chi connectivity index (χ1) is 17.6. The number of methoxy groups -OCH3 is 4. The Balaban J connectivity index is 1.58. The van der Waals surface area contributed by atoms with Gasteiger partial charge in [0.15, 0.2) is 11.5 Å². The lowest BCUT2D eigenvalue weighted by Gasteiger charge is -2.37. The molecule has 1 atom stereocenters. The van der Waals surface area contributed by atoms with Crippen molar-refractivity contribution in [3.8, 4) is 23.0 Å². The van der Waals surface area contributed by atoms with Crippen LogP contribution >= 0.6 is 0 Å². The zero-order valence-corrected chi connectivity index (χ0v) is 21.4. The third kappa shape index (κ3) is 5.74. The molecule has 7 heteroatoms. The number of hydrogen-bond acceptors (Lipinski definition) is 6. The molecule has 7 nitrogen and oxygen atoms in total. The molecule has 0 spiro atoms. The predicted octanol–water partition coefficient (Wildman–Crippen LogP) is 4.18. The minimum Gasteiger partial charge on any atom is -0.497 e. The molecule has 0 aromatic heterocycles. The number of nitrogens with one attached hydrogen (secondary N) is 1. The summed E-state index contributed by atoms with van der Waals surface area (Å²) < 4.78 is 22.0. The van der Waals surface area contributed by atoms with E-state index in [9.17, 15) is 4.79 Å². The van der Waals surface area contributed by atoms with Crippen LogP contribution in [0.25, 0.3) is 0 Å². The molecule has 1 aliphatic rings. The van der Waals surface area contributed by atoms with Gasteiger partial charge in [-0.15, -0.1) is 0 Å². The van der Waals surface area contributed by atoms with E-state index in [0.717, 1.165) is 53.3 Å². The molecule has 0 fully saturated rings. The number of nitrogens with zero attached hydrogens (tertiary/aromatic N) is 1. The van der Waals surface area contributed by atoms with Crippen LogP contribution in [0.15, 0.2) is 60.7 Å². The quantitative estimate of drug-likeness (QED) is 0.460. The average molecular weight is 491 g/mol. The summed E-state index contributed by atoms with van der Waals surface area (Å²) in [7, 11) is 6.61. The van der Waals surface area contributed by atoms with Gasteiger partial charge in [-0.05, 0) is 59.9 Å². The lowest BCUT2D eigenvalue weighted by molar-refractivity contribution is -0.123. The summed E-state index contributed by atoms with van der Waals surface area (Å²) >= 11 is 0. The fourth-order valence-electron chi connectivity index (χ4n) is 4.81. The van der Waals surface area contributed by atoms with Crippen LogP contribution in [0.3, 0.4) is 0 Å². The fraction of sp³-hybridized carbons (Fsp3) is 0.345. The lowest BCUT2D eigenvalue weighted by Crippen LogP contribution is -2.43. The average Bonchev–Trinajstić information content (AvgIpc) is 2.92. The van der Waals surface area contributed by atoms with E-state index < -0.39 is 0 Å². The first-order valence-electron chi connectivity index (χ1n) is 12.1. The molecule has 1 aliphatic heterocycles. The largest absolute Gasteiger partial charge is 0.497 e. The Hall–Kier alpha value is -3.71. The highest BCUT2D eigenvalue weighted by molar-refractivity contribution is 5.78. The minimum absolute atomic E-state index is 0.00215. The predicted molar refractivity (Wildman–Crippen MR) is 139 cm³/mol. The highest BCUT2D eigenvalue weighted by Gasteiger charge is 2.30. The van der Waals surface area contributed by atoms with Crippen LogP contribution in [0, 0.1) is 0 Å². The Bertz CT molecular complexity index is 1200. The standard InChI is InChI=1S/C29H34N2O5/c1-33-23-10-7-8-20(14-23)15-25-24-17-28(36-4)27(35-3)16-21(24)12-13-31(25)19-29(32)30-18-22-9-5-6-11-26(22)34-2/h5-11,14,16-17,25H,12-13,15,18-19H2,1-4H3,(H,30,32). The van der Waals surface area contributed by atoms with E-state index in [0.29, 0.717) is 12.3 Å². The van der Waals surface area contributed by atoms with Crippen molar-refractivity contribution in [2.24, 2.45) is 0 Å². The second kappa shape index (κ2) is 11.8. The van der Waals surface area contributed by atoms with Crippen LogP contribution in [-0.2, 0) is 24.2 Å². The van der Waals surface area contributed by atoms with Gasteiger partial charge in [0.1, 0.15) is 11.5 Å². The molecule has 1 unspecified atom stereocenters. The van der Waals surface area contributed by atoms with Crippen LogP contribution in [0.2, 0.25) is 0 Å². The molecular formula is C29H34N2O5. The van der Waals surface area contributed by atoms with Gasteiger partial charge in [0.05, 0.1) is 35.0 Å². The number of carbonyl (C=O) groups is 1. The van der Waals surface area contributed by atoms with Crippen LogP contribution in [0.4, 0.5) is 0 Å². The Kier molecular flexibility index (Phi) is 8.33. The van der Waals surface area contributed by atoms with Gasteiger partial charge in [0.25, 0.3) is 0 Å². The van der Waals surface area contributed by atoms with E-state index in [1.807, 2.05) is 36.4 Å². The molecule has 0 saturated heterocycles. The van der Waals surface area contributed by atoms with Gasteiger partial charge in [-0.3, -0.25) is 9.69 Å². The summed E-state index contributed by atoms with van der Waals surface area (Å²) in [5.41, 5.74) is 4.45. The first-order valence-corrected chi connectivity index (χ1v) is 12.1. The molecule has 1 amide bonds. The van der Waals surface area contributed by atoms with Crippen LogP contribution in [0.1, 0.15) is 28.3 Å². The van der Waals surface area contributed by atoms with E-state index in [2.05, 4.69) is 34.5 Å². The van der Waals surface area contributed by atoms with E-state index in [1.165, 1.54) is 5.56 Å². The number of carbonyl (C=O) groups excluding carboxylic acids is 1. The number of fused-ring (bicyclic) bond motifs is 1. The molecule has 0 radical (unpaired) electrons. The van der Waals surface area contributed by atoms with Crippen molar-refractivity contribution in [3.05, 3.63) is 82.9 Å². The maximum atomic E-state index is 13.1.